The molecule has 3 aromatic rings. The number of hydrogen-bond donors (Lipinski definition) is 2. The number of para-hydroxylation sites is 1. The second-order valence-corrected chi connectivity index (χ2v) is 7.61. The molecule has 0 bridgehead atoms. The van der Waals surface area contributed by atoms with Crippen LogP contribution in [0.25, 0.3) is 0 Å². The lowest BCUT2D eigenvalue weighted by molar-refractivity contribution is -0.136. The van der Waals surface area contributed by atoms with Crippen LogP contribution in [-0.2, 0) is 9.59 Å². The number of hydrogen-bond acceptors (Lipinski definition) is 4. The minimum absolute atomic E-state index is 0.112. The molecule has 0 radical (unpaired) electrons. The molecular weight excluding hydrogens is 449 g/mol. The minimum Gasteiger partial charge on any atom is -0.480 e. The Morgan fingerprint density at radius 2 is 1.64 bits per heavy atom. The molecule has 0 aromatic heterocycles. The van der Waals surface area contributed by atoms with Crippen LogP contribution in [0.2, 0.25) is 5.02 Å². The summed E-state index contributed by atoms with van der Waals surface area (Å²) in [5, 5.41) is 12.4. The number of carboxylic acids is 1. The lowest BCUT2D eigenvalue weighted by Crippen LogP contribution is -2.48. The van der Waals surface area contributed by atoms with Crippen molar-refractivity contribution in [1.29, 1.82) is 0 Å². The molecule has 9 heteroatoms. The van der Waals surface area contributed by atoms with Crippen molar-refractivity contribution in [1.82, 2.24) is 5.32 Å². The van der Waals surface area contributed by atoms with Crippen LogP contribution >= 0.6 is 11.6 Å². The first kappa shape index (κ1) is 22.2. The van der Waals surface area contributed by atoms with Crippen molar-refractivity contribution >= 4 is 40.8 Å². The van der Waals surface area contributed by atoms with Gasteiger partial charge in [-0.25, -0.2) is 9.38 Å². The maximum absolute atomic E-state index is 14.7. The van der Waals surface area contributed by atoms with Gasteiger partial charge in [0.2, 0.25) is 6.17 Å². The Kier molecular flexibility index (Phi) is 6.19. The highest BCUT2D eigenvalue weighted by Gasteiger charge is 2.34. The van der Waals surface area contributed by atoms with Crippen LogP contribution in [0, 0.1) is 5.82 Å². The van der Waals surface area contributed by atoms with E-state index in [4.69, 9.17) is 11.6 Å². The van der Waals surface area contributed by atoms with Crippen molar-refractivity contribution < 1.29 is 23.9 Å². The van der Waals surface area contributed by atoms with Gasteiger partial charge in [0.25, 0.3) is 11.8 Å². The second kappa shape index (κ2) is 9.22. The number of carbonyl (C=O) groups is 3. The number of rotatable bonds is 5. The molecule has 1 atom stereocenters. The molecule has 4 rings (SSSR count). The molecule has 0 aliphatic carbocycles. The summed E-state index contributed by atoms with van der Waals surface area (Å²) in [6.07, 6.45) is -1.49. The van der Waals surface area contributed by atoms with Gasteiger partial charge in [-0.1, -0.05) is 41.9 Å². The summed E-state index contributed by atoms with van der Waals surface area (Å²) < 4.78 is 14.7. The van der Waals surface area contributed by atoms with Crippen molar-refractivity contribution in [3.05, 3.63) is 100 Å². The van der Waals surface area contributed by atoms with Gasteiger partial charge >= 0.3 is 5.97 Å². The van der Waals surface area contributed by atoms with Crippen LogP contribution in [0.1, 0.15) is 21.5 Å². The first-order valence-corrected chi connectivity index (χ1v) is 10.2. The average Bonchev–Trinajstić information content (AvgIpc) is 2.90. The summed E-state index contributed by atoms with van der Waals surface area (Å²) in [5.74, 6) is -3.22. The monoisotopic (exact) mass is 465 g/mol. The number of aliphatic carboxylic acids is 1. The third-order valence-electron chi connectivity index (χ3n) is 5.00. The lowest BCUT2D eigenvalue weighted by Gasteiger charge is -2.23. The van der Waals surface area contributed by atoms with Gasteiger partial charge in [-0.15, -0.1) is 0 Å². The number of halogens is 2. The van der Waals surface area contributed by atoms with Gasteiger partial charge in [0.05, 0.1) is 11.4 Å². The van der Waals surface area contributed by atoms with Crippen LogP contribution in [0.3, 0.4) is 0 Å². The number of nitrogens with zero attached hydrogens (tertiary/aromatic N) is 2. The van der Waals surface area contributed by atoms with Crippen molar-refractivity contribution in [2.75, 3.05) is 11.4 Å². The highest BCUT2D eigenvalue weighted by molar-refractivity contribution is 6.30. The van der Waals surface area contributed by atoms with E-state index in [1.54, 1.807) is 30.3 Å². The predicted octanol–water partition coefficient (Wildman–Crippen LogP) is 3.50. The highest BCUT2D eigenvalue weighted by Crippen LogP contribution is 2.29. The van der Waals surface area contributed by atoms with Gasteiger partial charge in [-0.3, -0.25) is 19.3 Å². The standard InChI is InChI=1S/C24H17ClFN3O4/c25-15-11-9-14(10-12-15)23(32)28-22-24(33)29(13-20(30)31)19-8-4-2-6-17(19)21(27-22)16-5-1-3-7-18(16)26/h1-12,22H,13H2,(H,28,32)(H,30,31)/t22-/m1/s1. The second-order valence-electron chi connectivity index (χ2n) is 7.18. The van der Waals surface area contributed by atoms with Gasteiger partial charge in [0.15, 0.2) is 0 Å². The van der Waals surface area contributed by atoms with E-state index in [1.165, 1.54) is 42.5 Å². The van der Waals surface area contributed by atoms with Crippen molar-refractivity contribution in [2.24, 2.45) is 4.99 Å². The molecule has 1 aliphatic heterocycles. The van der Waals surface area contributed by atoms with Gasteiger partial charge in [-0.05, 0) is 42.5 Å². The number of fused-ring (bicyclic) bond motifs is 1. The number of benzene rings is 3. The van der Waals surface area contributed by atoms with E-state index in [2.05, 4.69) is 10.3 Å². The Hall–Kier alpha value is -4.04. The number of amides is 2. The lowest BCUT2D eigenvalue weighted by atomic mass is 10.00. The summed E-state index contributed by atoms with van der Waals surface area (Å²) in [4.78, 5) is 43.1. The molecule has 3 aromatic carbocycles. The van der Waals surface area contributed by atoms with Crippen LogP contribution < -0.4 is 10.2 Å². The molecule has 7 nitrogen and oxygen atoms in total. The molecule has 166 valence electrons. The number of carboxylic acid groups (broad SMARTS) is 1. The summed E-state index contributed by atoms with van der Waals surface area (Å²) in [5.41, 5.74) is 1.06. The third kappa shape index (κ3) is 4.61. The van der Waals surface area contributed by atoms with E-state index < -0.39 is 36.3 Å². The SMILES string of the molecule is O=C(O)CN1C(=O)[C@@H](NC(=O)c2ccc(Cl)cc2)N=C(c2ccccc2F)c2ccccc21. The highest BCUT2D eigenvalue weighted by atomic mass is 35.5. The van der Waals surface area contributed by atoms with Gasteiger partial charge < -0.3 is 10.4 Å². The maximum atomic E-state index is 14.7. The third-order valence-corrected chi connectivity index (χ3v) is 5.26. The molecule has 0 saturated carbocycles. The van der Waals surface area contributed by atoms with Crippen LogP contribution in [-0.4, -0.2) is 41.3 Å². The predicted molar refractivity (Wildman–Crippen MR) is 121 cm³/mol. The zero-order valence-electron chi connectivity index (χ0n) is 17.0. The summed E-state index contributed by atoms with van der Waals surface area (Å²) in [7, 11) is 0. The molecule has 2 amide bonds. The topological polar surface area (TPSA) is 99.1 Å². The molecule has 1 heterocycles. The first-order chi connectivity index (χ1) is 15.8. The van der Waals surface area contributed by atoms with Gasteiger partial charge in [0, 0.05) is 21.7 Å². The van der Waals surface area contributed by atoms with Crippen LogP contribution in [0.4, 0.5) is 10.1 Å². The van der Waals surface area contributed by atoms with Crippen molar-refractivity contribution in [3.63, 3.8) is 0 Å². The molecule has 2 N–H and O–H groups in total. The van der Waals surface area contributed by atoms with Gasteiger partial charge in [-0.2, -0.15) is 0 Å². The van der Waals surface area contributed by atoms with Crippen LogP contribution in [0.15, 0.2) is 77.8 Å². The average molecular weight is 466 g/mol. The maximum Gasteiger partial charge on any atom is 0.323 e. The van der Waals surface area contributed by atoms with E-state index >= 15 is 0 Å². The van der Waals surface area contributed by atoms with E-state index in [9.17, 15) is 23.9 Å². The quantitative estimate of drug-likeness (QED) is 0.602. The van der Waals surface area contributed by atoms with E-state index in [0.29, 0.717) is 10.6 Å². The zero-order valence-corrected chi connectivity index (χ0v) is 17.8. The van der Waals surface area contributed by atoms with E-state index in [1.807, 2.05) is 0 Å². The fourth-order valence-electron chi connectivity index (χ4n) is 3.50. The fraction of sp³-hybridized carbons (Fsp3) is 0.0833. The molecule has 33 heavy (non-hydrogen) atoms. The number of anilines is 1. The summed E-state index contributed by atoms with van der Waals surface area (Å²) in [6, 6.07) is 18.4. The summed E-state index contributed by atoms with van der Waals surface area (Å²) in [6.45, 7) is -0.663. The number of nitrogens with one attached hydrogen (secondary N) is 1. The molecular formula is C24H17ClFN3O4. The molecule has 0 fully saturated rings. The Balaban J connectivity index is 1.84. The summed E-state index contributed by atoms with van der Waals surface area (Å²) >= 11 is 5.87. The normalized spacial score (nSPS) is 15.3. The Bertz CT molecular complexity index is 1280. The Morgan fingerprint density at radius 3 is 2.30 bits per heavy atom. The van der Waals surface area contributed by atoms with Gasteiger partial charge in [0.1, 0.15) is 12.4 Å². The van der Waals surface area contributed by atoms with Crippen LogP contribution in [0.5, 0.6) is 0 Å². The number of aliphatic imine (C=N–C) groups is 1. The van der Waals surface area contributed by atoms with E-state index in [0.717, 1.165) is 4.90 Å². The molecule has 1 aliphatic rings. The van der Waals surface area contributed by atoms with Crippen molar-refractivity contribution in [2.45, 2.75) is 6.17 Å². The van der Waals surface area contributed by atoms with E-state index in [-0.39, 0.29) is 22.5 Å². The largest absolute Gasteiger partial charge is 0.480 e. The fourth-order valence-corrected chi connectivity index (χ4v) is 3.62. The molecule has 0 saturated heterocycles. The Labute approximate surface area is 193 Å². The smallest absolute Gasteiger partial charge is 0.323 e. The number of benzodiazepines with no additional fused rings is 1. The number of carbonyl (C=O) groups excluding carboxylic acids is 2. The zero-order chi connectivity index (χ0) is 23.5. The minimum atomic E-state index is -1.49. The van der Waals surface area contributed by atoms with Crippen molar-refractivity contribution in [3.8, 4) is 0 Å². The first-order valence-electron chi connectivity index (χ1n) is 9.87. The molecule has 0 unspecified atom stereocenters. The molecule has 0 spiro atoms. The Morgan fingerprint density at radius 1 is 1.00 bits per heavy atom.